The van der Waals surface area contributed by atoms with Crippen LogP contribution in [0.25, 0.3) is 0 Å². The van der Waals surface area contributed by atoms with Gasteiger partial charge in [0.15, 0.2) is 0 Å². The smallest absolute Gasteiger partial charge is 0.266 e. The van der Waals surface area contributed by atoms with Gasteiger partial charge in [0, 0.05) is 30.6 Å². The van der Waals surface area contributed by atoms with Crippen molar-refractivity contribution in [1.29, 1.82) is 0 Å². The Kier molecular flexibility index (Phi) is 7.99. The van der Waals surface area contributed by atoms with Crippen LogP contribution in [0, 0.1) is 18.3 Å². The van der Waals surface area contributed by atoms with Gasteiger partial charge in [-0.1, -0.05) is 13.8 Å². The van der Waals surface area contributed by atoms with E-state index >= 15 is 0 Å². The first-order valence-corrected chi connectivity index (χ1v) is 13.0. The molecule has 1 aliphatic carbocycles. The van der Waals surface area contributed by atoms with E-state index in [4.69, 9.17) is 14.4 Å². The van der Waals surface area contributed by atoms with E-state index < -0.39 is 0 Å². The molecule has 4 rings (SSSR count). The number of benzene rings is 1. The van der Waals surface area contributed by atoms with Crippen LogP contribution in [0.4, 0.5) is 5.95 Å². The highest BCUT2D eigenvalue weighted by Crippen LogP contribution is 2.50. The molecule has 0 unspecified atom stereocenters. The average Bonchev–Trinajstić information content (AvgIpc) is 3.30. The molecule has 8 nitrogen and oxygen atoms in total. The minimum absolute atomic E-state index is 0.0813. The maximum atomic E-state index is 12.3. The summed E-state index contributed by atoms with van der Waals surface area (Å²) < 4.78 is 11.5. The van der Waals surface area contributed by atoms with Crippen molar-refractivity contribution in [3.8, 4) is 5.75 Å². The number of piperidine rings is 1. The molecule has 2 aromatic rings. The van der Waals surface area contributed by atoms with E-state index in [2.05, 4.69) is 34.2 Å². The zero-order valence-electron chi connectivity index (χ0n) is 21.5. The van der Waals surface area contributed by atoms with Crippen LogP contribution in [0.1, 0.15) is 87.0 Å². The monoisotopic (exact) mass is 484 g/mol. The summed E-state index contributed by atoms with van der Waals surface area (Å²) in [7, 11) is 0. The SMILES string of the molecule is Cc1cc(OCCCC2CCN(c3noc(C4CC(C)(C)C4)n3)CC2)ccc1C(=O)N[C@H](C)CO. The van der Waals surface area contributed by atoms with Gasteiger partial charge >= 0.3 is 0 Å². The molecule has 1 saturated carbocycles. The van der Waals surface area contributed by atoms with E-state index in [1.165, 1.54) is 0 Å². The first-order chi connectivity index (χ1) is 16.7. The predicted molar refractivity (Wildman–Crippen MR) is 135 cm³/mol. The van der Waals surface area contributed by atoms with Crippen LogP contribution >= 0.6 is 0 Å². The van der Waals surface area contributed by atoms with E-state index in [0.717, 1.165) is 74.8 Å². The van der Waals surface area contributed by atoms with Crippen molar-refractivity contribution in [1.82, 2.24) is 15.5 Å². The fourth-order valence-electron chi connectivity index (χ4n) is 5.28. The zero-order chi connectivity index (χ0) is 25.0. The van der Waals surface area contributed by atoms with Gasteiger partial charge in [-0.25, -0.2) is 0 Å². The lowest BCUT2D eigenvalue weighted by molar-refractivity contribution is 0.0921. The van der Waals surface area contributed by atoms with Crippen molar-refractivity contribution in [2.45, 2.75) is 78.2 Å². The molecule has 1 amide bonds. The number of aryl methyl sites for hydroxylation is 1. The number of nitrogens with zero attached hydrogens (tertiary/aromatic N) is 3. The number of rotatable bonds is 10. The molecule has 1 aromatic carbocycles. The normalized spacial score (nSPS) is 19.3. The number of anilines is 1. The highest BCUT2D eigenvalue weighted by Gasteiger charge is 2.40. The molecule has 1 aliphatic heterocycles. The molecule has 1 aromatic heterocycles. The summed E-state index contributed by atoms with van der Waals surface area (Å²) in [6.45, 7) is 10.8. The number of amides is 1. The number of hydrogen-bond acceptors (Lipinski definition) is 7. The molecular formula is C27H40N4O4. The number of aliphatic hydroxyl groups is 1. The van der Waals surface area contributed by atoms with E-state index in [1.807, 2.05) is 19.1 Å². The highest BCUT2D eigenvalue weighted by atomic mass is 16.5. The van der Waals surface area contributed by atoms with Crippen LogP contribution in [-0.4, -0.2) is 53.5 Å². The van der Waals surface area contributed by atoms with Crippen molar-refractivity contribution in [3.63, 3.8) is 0 Å². The summed E-state index contributed by atoms with van der Waals surface area (Å²) in [6, 6.07) is 5.26. The molecule has 2 aliphatic rings. The lowest BCUT2D eigenvalue weighted by Crippen LogP contribution is -2.35. The molecule has 2 fully saturated rings. The predicted octanol–water partition coefficient (Wildman–Crippen LogP) is 4.47. The average molecular weight is 485 g/mol. The van der Waals surface area contributed by atoms with Gasteiger partial charge in [0.05, 0.1) is 13.2 Å². The summed E-state index contributed by atoms with van der Waals surface area (Å²) >= 11 is 0. The van der Waals surface area contributed by atoms with Crippen LogP contribution in [0.3, 0.4) is 0 Å². The number of aromatic nitrogens is 2. The topological polar surface area (TPSA) is 101 Å². The minimum Gasteiger partial charge on any atom is -0.494 e. The Labute approximate surface area is 208 Å². The van der Waals surface area contributed by atoms with Crippen molar-refractivity contribution in [3.05, 3.63) is 35.2 Å². The highest BCUT2D eigenvalue weighted by molar-refractivity contribution is 5.95. The summed E-state index contributed by atoms with van der Waals surface area (Å²) in [5, 5.41) is 16.1. The Morgan fingerprint density at radius 2 is 2.06 bits per heavy atom. The van der Waals surface area contributed by atoms with Gasteiger partial charge in [0.1, 0.15) is 5.75 Å². The van der Waals surface area contributed by atoms with Gasteiger partial charge in [0.2, 0.25) is 5.89 Å². The minimum atomic E-state index is -0.269. The second-order valence-electron chi connectivity index (χ2n) is 11.2. The second-order valence-corrected chi connectivity index (χ2v) is 11.2. The standard InChI is InChI=1S/C27H40N4O4/c1-18-14-22(7-8-23(18)24(33)28-19(2)17-32)34-13-5-6-20-9-11-31(12-10-20)26-29-25(35-30-26)21-15-27(3,4)16-21/h7-8,14,19-21,32H,5-6,9-13,15-17H2,1-4H3,(H,28,33)/t19-/m1/s1. The maximum absolute atomic E-state index is 12.3. The molecule has 2 heterocycles. The molecule has 0 radical (unpaired) electrons. The van der Waals surface area contributed by atoms with Crippen molar-refractivity contribution in [2.75, 3.05) is 31.2 Å². The molecular weight excluding hydrogens is 444 g/mol. The summed E-state index contributed by atoms with van der Waals surface area (Å²) in [5.74, 6) is 3.29. The van der Waals surface area contributed by atoms with Crippen molar-refractivity contribution in [2.24, 2.45) is 11.3 Å². The Bertz CT molecular complexity index is 989. The second kappa shape index (κ2) is 11.0. The number of nitrogens with one attached hydrogen (secondary N) is 1. The Morgan fingerprint density at radius 3 is 2.71 bits per heavy atom. The van der Waals surface area contributed by atoms with Gasteiger partial charge < -0.3 is 24.6 Å². The van der Waals surface area contributed by atoms with Gasteiger partial charge in [-0.2, -0.15) is 4.98 Å². The van der Waals surface area contributed by atoms with Crippen molar-refractivity contribution < 1.29 is 19.2 Å². The number of carbonyl (C=O) groups is 1. The van der Waals surface area contributed by atoms with Gasteiger partial charge in [0.25, 0.3) is 11.9 Å². The lowest BCUT2D eigenvalue weighted by Gasteiger charge is -2.40. The molecule has 1 saturated heterocycles. The van der Waals surface area contributed by atoms with Crippen molar-refractivity contribution >= 4 is 11.9 Å². The van der Waals surface area contributed by atoms with Crippen LogP contribution in [0.15, 0.2) is 22.7 Å². The Balaban J connectivity index is 1.15. The Hall–Kier alpha value is -2.61. The van der Waals surface area contributed by atoms with Gasteiger partial charge in [-0.15, -0.1) is 0 Å². The summed E-state index contributed by atoms with van der Waals surface area (Å²) in [5.41, 5.74) is 1.87. The largest absolute Gasteiger partial charge is 0.494 e. The molecule has 1 atom stereocenters. The number of aliphatic hydroxyl groups excluding tert-OH is 1. The number of carbonyl (C=O) groups excluding carboxylic acids is 1. The quantitative estimate of drug-likeness (QED) is 0.480. The zero-order valence-corrected chi connectivity index (χ0v) is 21.5. The molecule has 0 spiro atoms. The van der Waals surface area contributed by atoms with E-state index in [0.29, 0.717) is 29.4 Å². The molecule has 192 valence electrons. The van der Waals surface area contributed by atoms with E-state index in [1.54, 1.807) is 13.0 Å². The van der Waals surface area contributed by atoms with Crippen LogP contribution in [0.5, 0.6) is 5.75 Å². The van der Waals surface area contributed by atoms with Crippen LogP contribution < -0.4 is 15.0 Å². The van der Waals surface area contributed by atoms with Gasteiger partial charge in [-0.3, -0.25) is 4.79 Å². The third-order valence-electron chi connectivity index (χ3n) is 7.39. The first kappa shape index (κ1) is 25.5. The van der Waals surface area contributed by atoms with Gasteiger partial charge in [-0.05, 0) is 92.6 Å². The fraction of sp³-hybridized carbons (Fsp3) is 0.667. The fourth-order valence-corrected chi connectivity index (χ4v) is 5.28. The Morgan fingerprint density at radius 1 is 1.31 bits per heavy atom. The third-order valence-corrected chi connectivity index (χ3v) is 7.39. The maximum Gasteiger partial charge on any atom is 0.266 e. The molecule has 2 N–H and O–H groups in total. The summed E-state index contributed by atoms with van der Waals surface area (Å²) in [6.07, 6.45) is 6.67. The summed E-state index contributed by atoms with van der Waals surface area (Å²) in [4.78, 5) is 19.2. The van der Waals surface area contributed by atoms with Crippen LogP contribution in [-0.2, 0) is 0 Å². The molecule has 8 heteroatoms. The van der Waals surface area contributed by atoms with E-state index in [-0.39, 0.29) is 18.6 Å². The van der Waals surface area contributed by atoms with E-state index in [9.17, 15) is 4.79 Å². The molecule has 0 bridgehead atoms. The third kappa shape index (κ3) is 6.54. The van der Waals surface area contributed by atoms with Crippen LogP contribution in [0.2, 0.25) is 0 Å². The number of hydrogen-bond donors (Lipinski definition) is 2. The lowest BCUT2D eigenvalue weighted by atomic mass is 9.64. The number of ether oxygens (including phenoxy) is 1. The first-order valence-electron chi connectivity index (χ1n) is 13.0. The molecule has 35 heavy (non-hydrogen) atoms.